The lowest BCUT2D eigenvalue weighted by molar-refractivity contribution is -0.159. The topological polar surface area (TPSA) is 116 Å². The van der Waals surface area contributed by atoms with Crippen LogP contribution in [0.25, 0.3) is 0 Å². The molecule has 1 amide bonds. The van der Waals surface area contributed by atoms with Gasteiger partial charge in [-0.15, -0.1) is 0 Å². The van der Waals surface area contributed by atoms with Crippen LogP contribution in [0.1, 0.15) is 20.3 Å². The van der Waals surface area contributed by atoms with Crippen molar-refractivity contribution in [2.24, 2.45) is 0 Å². The summed E-state index contributed by atoms with van der Waals surface area (Å²) in [7, 11) is 0. The van der Waals surface area contributed by atoms with Gasteiger partial charge in [0.2, 0.25) is 5.91 Å². The monoisotopic (exact) mass is 420 g/mol. The van der Waals surface area contributed by atoms with E-state index in [0.29, 0.717) is 28.7 Å². The zero-order valence-electron chi connectivity index (χ0n) is 14.9. The van der Waals surface area contributed by atoms with Crippen LogP contribution >= 0.6 is 23.2 Å². The number of morpholine rings is 1. The van der Waals surface area contributed by atoms with Gasteiger partial charge < -0.3 is 20.3 Å². The number of rotatable bonds is 4. The third-order valence-corrected chi connectivity index (χ3v) is 4.19. The fourth-order valence-electron chi connectivity index (χ4n) is 2.55. The molecule has 1 saturated heterocycles. The predicted octanol–water partition coefficient (Wildman–Crippen LogP) is 2.59. The van der Waals surface area contributed by atoms with E-state index in [1.165, 1.54) is 0 Å². The number of halogens is 2. The SMILES string of the molecule is CC1CN(CCC(=O)Nc2c(Cl)cccc2Cl)CC(C)O1.O=C(O)C(=O)O. The maximum absolute atomic E-state index is 12.0. The van der Waals surface area contributed by atoms with Gasteiger partial charge in [0.15, 0.2) is 0 Å². The molecule has 2 atom stereocenters. The molecular formula is C17H22Cl2N2O6. The number of nitrogens with zero attached hydrogens (tertiary/aromatic N) is 1. The Morgan fingerprint density at radius 2 is 1.59 bits per heavy atom. The van der Waals surface area contributed by atoms with Crippen LogP contribution in [-0.2, 0) is 19.1 Å². The Bertz CT molecular complexity index is 643. The number of carboxylic acids is 2. The summed E-state index contributed by atoms with van der Waals surface area (Å²) >= 11 is 12.1. The first-order chi connectivity index (χ1) is 12.6. The van der Waals surface area contributed by atoms with Gasteiger partial charge in [-0.25, -0.2) is 9.59 Å². The van der Waals surface area contributed by atoms with E-state index in [1.807, 2.05) is 13.8 Å². The van der Waals surface area contributed by atoms with Gasteiger partial charge in [-0.3, -0.25) is 9.69 Å². The molecule has 1 aromatic rings. The lowest BCUT2D eigenvalue weighted by Gasteiger charge is -2.35. The highest BCUT2D eigenvalue weighted by molar-refractivity contribution is 6.39. The maximum Gasteiger partial charge on any atom is 0.414 e. The quantitative estimate of drug-likeness (QED) is 0.640. The third-order valence-electron chi connectivity index (χ3n) is 3.56. The van der Waals surface area contributed by atoms with Gasteiger partial charge in [0.1, 0.15) is 0 Å². The normalized spacial score (nSPS) is 19.6. The second-order valence-corrected chi connectivity index (χ2v) is 6.84. The highest BCUT2D eigenvalue weighted by atomic mass is 35.5. The van der Waals surface area contributed by atoms with Crippen molar-refractivity contribution in [1.82, 2.24) is 4.90 Å². The van der Waals surface area contributed by atoms with Gasteiger partial charge in [-0.2, -0.15) is 0 Å². The van der Waals surface area contributed by atoms with Crippen LogP contribution in [0.3, 0.4) is 0 Å². The van der Waals surface area contributed by atoms with Crippen molar-refractivity contribution >= 4 is 46.7 Å². The smallest absolute Gasteiger partial charge is 0.414 e. The van der Waals surface area contributed by atoms with Crippen molar-refractivity contribution in [1.29, 1.82) is 0 Å². The third kappa shape index (κ3) is 8.57. The molecular weight excluding hydrogens is 399 g/mol. The van der Waals surface area contributed by atoms with Gasteiger partial charge in [0.25, 0.3) is 0 Å². The molecule has 1 heterocycles. The average molecular weight is 421 g/mol. The summed E-state index contributed by atoms with van der Waals surface area (Å²) in [6.07, 6.45) is 0.811. The molecule has 2 unspecified atom stereocenters. The van der Waals surface area contributed by atoms with Crippen LogP contribution in [0.5, 0.6) is 0 Å². The molecule has 2 rings (SSSR count). The van der Waals surface area contributed by atoms with E-state index in [4.69, 9.17) is 47.7 Å². The van der Waals surface area contributed by atoms with E-state index >= 15 is 0 Å². The minimum absolute atomic E-state index is 0.0863. The molecule has 1 aromatic carbocycles. The number of carbonyl (C=O) groups is 3. The molecule has 1 aliphatic rings. The second kappa shape index (κ2) is 11.1. The second-order valence-electron chi connectivity index (χ2n) is 6.02. The first-order valence-corrected chi connectivity index (χ1v) is 8.93. The first kappa shape index (κ1) is 23.2. The first-order valence-electron chi connectivity index (χ1n) is 8.18. The van der Waals surface area contributed by atoms with E-state index in [1.54, 1.807) is 18.2 Å². The fraction of sp³-hybridized carbons (Fsp3) is 0.471. The van der Waals surface area contributed by atoms with Crippen LogP contribution in [0.4, 0.5) is 5.69 Å². The van der Waals surface area contributed by atoms with Crippen molar-refractivity contribution in [2.45, 2.75) is 32.5 Å². The van der Waals surface area contributed by atoms with Gasteiger partial charge in [-0.05, 0) is 26.0 Å². The molecule has 0 bridgehead atoms. The number of carboxylic acid groups (broad SMARTS) is 2. The van der Waals surface area contributed by atoms with E-state index < -0.39 is 11.9 Å². The number of hydrogen-bond donors (Lipinski definition) is 3. The number of hydrogen-bond acceptors (Lipinski definition) is 5. The van der Waals surface area contributed by atoms with E-state index in [-0.39, 0.29) is 18.1 Å². The molecule has 8 nitrogen and oxygen atoms in total. The summed E-state index contributed by atoms with van der Waals surface area (Å²) in [6.45, 7) is 6.50. The summed E-state index contributed by atoms with van der Waals surface area (Å²) in [5, 5.41) is 18.5. The number of carbonyl (C=O) groups excluding carboxylic acids is 1. The molecule has 0 radical (unpaired) electrons. The molecule has 0 saturated carbocycles. The van der Waals surface area contributed by atoms with Crippen molar-refractivity contribution in [3.63, 3.8) is 0 Å². The summed E-state index contributed by atoms with van der Waals surface area (Å²) in [6, 6.07) is 5.15. The van der Waals surface area contributed by atoms with Crippen LogP contribution in [0.15, 0.2) is 18.2 Å². The Morgan fingerprint density at radius 1 is 1.11 bits per heavy atom. The fourth-order valence-corrected chi connectivity index (χ4v) is 3.04. The number of ether oxygens (including phenoxy) is 1. The minimum Gasteiger partial charge on any atom is -0.473 e. The molecule has 10 heteroatoms. The van der Waals surface area contributed by atoms with E-state index in [2.05, 4.69) is 10.2 Å². The predicted molar refractivity (Wildman–Crippen MR) is 101 cm³/mol. The van der Waals surface area contributed by atoms with Crippen molar-refractivity contribution in [2.75, 3.05) is 25.0 Å². The molecule has 1 fully saturated rings. The lowest BCUT2D eigenvalue weighted by Crippen LogP contribution is -2.46. The molecule has 150 valence electrons. The number of para-hydroxylation sites is 1. The summed E-state index contributed by atoms with van der Waals surface area (Å²) < 4.78 is 5.67. The molecule has 0 spiro atoms. The molecule has 3 N–H and O–H groups in total. The van der Waals surface area contributed by atoms with Crippen LogP contribution in [0, 0.1) is 0 Å². The highest BCUT2D eigenvalue weighted by Gasteiger charge is 2.22. The number of benzene rings is 1. The summed E-state index contributed by atoms with van der Waals surface area (Å²) in [5.41, 5.74) is 0.481. The Balaban J connectivity index is 0.000000527. The largest absolute Gasteiger partial charge is 0.473 e. The number of amides is 1. The molecule has 0 aliphatic carbocycles. The number of nitrogens with one attached hydrogen (secondary N) is 1. The molecule has 1 aliphatic heterocycles. The zero-order chi connectivity index (χ0) is 20.6. The van der Waals surface area contributed by atoms with E-state index in [9.17, 15) is 4.79 Å². The Kier molecular flexibility index (Phi) is 9.51. The standard InChI is InChI=1S/C15H20Cl2N2O2.C2H2O4/c1-10-8-19(9-11(2)21-10)7-6-14(20)18-15-12(16)4-3-5-13(15)17;3-1(4)2(5)6/h3-5,10-11H,6-9H2,1-2H3,(H,18,20);(H,3,4)(H,5,6). The van der Waals surface area contributed by atoms with Crippen molar-refractivity contribution in [3.8, 4) is 0 Å². The minimum atomic E-state index is -1.82. The maximum atomic E-state index is 12.0. The Morgan fingerprint density at radius 3 is 2.04 bits per heavy atom. The van der Waals surface area contributed by atoms with E-state index in [0.717, 1.165) is 13.1 Å². The van der Waals surface area contributed by atoms with Crippen LogP contribution in [0.2, 0.25) is 10.0 Å². The average Bonchev–Trinajstić information content (AvgIpc) is 2.56. The summed E-state index contributed by atoms with van der Waals surface area (Å²) in [4.78, 5) is 32.5. The van der Waals surface area contributed by atoms with Crippen molar-refractivity contribution in [3.05, 3.63) is 28.2 Å². The molecule has 27 heavy (non-hydrogen) atoms. The van der Waals surface area contributed by atoms with Gasteiger partial charge in [0.05, 0.1) is 27.9 Å². The van der Waals surface area contributed by atoms with Crippen LogP contribution < -0.4 is 5.32 Å². The highest BCUT2D eigenvalue weighted by Crippen LogP contribution is 2.29. The Hall–Kier alpha value is -1.87. The number of anilines is 1. The van der Waals surface area contributed by atoms with Gasteiger partial charge >= 0.3 is 11.9 Å². The zero-order valence-corrected chi connectivity index (χ0v) is 16.5. The van der Waals surface area contributed by atoms with Gasteiger partial charge in [-0.1, -0.05) is 29.3 Å². The lowest BCUT2D eigenvalue weighted by atomic mass is 10.2. The molecule has 0 aromatic heterocycles. The summed E-state index contributed by atoms with van der Waals surface area (Å²) in [5.74, 6) is -3.73. The van der Waals surface area contributed by atoms with Crippen molar-refractivity contribution < 1.29 is 29.3 Å². The number of aliphatic carboxylic acids is 2. The van der Waals surface area contributed by atoms with Gasteiger partial charge in [0, 0.05) is 26.1 Å². The Labute approximate surface area is 167 Å². The van der Waals surface area contributed by atoms with Crippen LogP contribution in [-0.4, -0.2) is 64.8 Å².